The number of carbonyl (C=O) groups is 1. The summed E-state index contributed by atoms with van der Waals surface area (Å²) in [6.07, 6.45) is 3.55. The van der Waals surface area contributed by atoms with Gasteiger partial charge in [-0.15, -0.1) is 0 Å². The van der Waals surface area contributed by atoms with Gasteiger partial charge in [0.05, 0.1) is 6.04 Å². The topological polar surface area (TPSA) is 91.0 Å². The quantitative estimate of drug-likeness (QED) is 0.604. The standard InChI is InChI=1S/C19H18BrF2N5O3/c1-26-17-15(16(20)25-26)18(29)27(9-23-17)8-14(28)24-13-4-2-3-10-7-11(30-19(21)22)5-6-12(10)13/h5-7,9,13,19H,2-4,8H2,1H3,(H,24,28). The van der Waals surface area contributed by atoms with E-state index >= 15 is 0 Å². The average molecular weight is 482 g/mol. The fourth-order valence-corrected chi connectivity index (χ4v) is 4.34. The fourth-order valence-electron chi connectivity index (χ4n) is 3.76. The second-order valence-electron chi connectivity index (χ2n) is 7.04. The van der Waals surface area contributed by atoms with Crippen molar-refractivity contribution in [3.8, 4) is 5.75 Å². The van der Waals surface area contributed by atoms with Crippen molar-refractivity contribution in [2.45, 2.75) is 38.5 Å². The van der Waals surface area contributed by atoms with Gasteiger partial charge < -0.3 is 10.1 Å². The number of alkyl halides is 2. The van der Waals surface area contributed by atoms with Crippen molar-refractivity contribution in [2.75, 3.05) is 0 Å². The first-order valence-corrected chi connectivity index (χ1v) is 10.1. The molecule has 4 rings (SSSR count). The van der Waals surface area contributed by atoms with E-state index in [4.69, 9.17) is 0 Å². The van der Waals surface area contributed by atoms with Crippen LogP contribution in [-0.2, 0) is 24.8 Å². The van der Waals surface area contributed by atoms with E-state index in [1.807, 2.05) is 0 Å². The molecule has 1 N–H and O–H groups in total. The summed E-state index contributed by atoms with van der Waals surface area (Å²) in [5, 5.41) is 7.35. The molecule has 0 spiro atoms. The Hall–Kier alpha value is -2.82. The van der Waals surface area contributed by atoms with Gasteiger partial charge in [-0.1, -0.05) is 6.07 Å². The molecule has 1 atom stereocenters. The lowest BCUT2D eigenvalue weighted by Gasteiger charge is -2.27. The van der Waals surface area contributed by atoms with Gasteiger partial charge in [-0.3, -0.25) is 14.2 Å². The van der Waals surface area contributed by atoms with Crippen LogP contribution in [0.1, 0.15) is 30.0 Å². The molecule has 1 aliphatic carbocycles. The minimum Gasteiger partial charge on any atom is -0.435 e. The van der Waals surface area contributed by atoms with Crippen LogP contribution in [0.25, 0.3) is 11.0 Å². The SMILES string of the molecule is Cn1nc(Br)c2c(=O)n(CC(=O)NC3CCCc4cc(OC(F)F)ccc43)cnc21. The Morgan fingerprint density at radius 1 is 1.43 bits per heavy atom. The van der Waals surface area contributed by atoms with Gasteiger partial charge in [0, 0.05) is 7.05 Å². The van der Waals surface area contributed by atoms with Crippen LogP contribution in [-0.4, -0.2) is 31.9 Å². The number of fused-ring (bicyclic) bond motifs is 2. The van der Waals surface area contributed by atoms with Crippen molar-refractivity contribution in [1.82, 2.24) is 24.6 Å². The summed E-state index contributed by atoms with van der Waals surface area (Å²) in [6, 6.07) is 4.49. The Morgan fingerprint density at radius 2 is 2.23 bits per heavy atom. The van der Waals surface area contributed by atoms with Crippen LogP contribution < -0.4 is 15.6 Å². The first-order chi connectivity index (χ1) is 14.3. The van der Waals surface area contributed by atoms with Crippen molar-refractivity contribution in [1.29, 1.82) is 0 Å². The van der Waals surface area contributed by atoms with Gasteiger partial charge in [0.2, 0.25) is 5.91 Å². The highest BCUT2D eigenvalue weighted by Gasteiger charge is 2.23. The molecule has 11 heteroatoms. The van der Waals surface area contributed by atoms with Gasteiger partial charge in [-0.05, 0) is 58.5 Å². The van der Waals surface area contributed by atoms with Gasteiger partial charge in [0.25, 0.3) is 5.56 Å². The zero-order chi connectivity index (χ0) is 21.4. The van der Waals surface area contributed by atoms with Gasteiger partial charge in [-0.2, -0.15) is 13.9 Å². The van der Waals surface area contributed by atoms with Crippen molar-refractivity contribution >= 4 is 32.9 Å². The van der Waals surface area contributed by atoms with Crippen molar-refractivity contribution in [3.05, 3.63) is 50.6 Å². The molecule has 0 bridgehead atoms. The van der Waals surface area contributed by atoms with Gasteiger partial charge in [0.15, 0.2) is 5.65 Å². The number of hydrogen-bond acceptors (Lipinski definition) is 5. The van der Waals surface area contributed by atoms with Crippen LogP contribution in [0.5, 0.6) is 5.75 Å². The average Bonchev–Trinajstić information content (AvgIpc) is 2.97. The first kappa shape index (κ1) is 20.5. The summed E-state index contributed by atoms with van der Waals surface area (Å²) >= 11 is 3.24. The number of amides is 1. The molecule has 2 aromatic heterocycles. The molecule has 2 heterocycles. The van der Waals surface area contributed by atoms with Gasteiger partial charge in [0.1, 0.15) is 28.6 Å². The smallest absolute Gasteiger partial charge is 0.387 e. The third kappa shape index (κ3) is 3.93. The number of nitrogens with one attached hydrogen (secondary N) is 1. The van der Waals surface area contributed by atoms with E-state index < -0.39 is 6.61 Å². The van der Waals surface area contributed by atoms with E-state index in [0.717, 1.165) is 24.0 Å². The molecule has 1 aromatic carbocycles. The van der Waals surface area contributed by atoms with Crippen LogP contribution in [0.3, 0.4) is 0 Å². The largest absolute Gasteiger partial charge is 0.435 e. The van der Waals surface area contributed by atoms with E-state index in [9.17, 15) is 18.4 Å². The lowest BCUT2D eigenvalue weighted by Crippen LogP contribution is -2.36. The maximum absolute atomic E-state index is 12.7. The van der Waals surface area contributed by atoms with Crippen LogP contribution >= 0.6 is 15.9 Å². The molecule has 30 heavy (non-hydrogen) atoms. The summed E-state index contributed by atoms with van der Waals surface area (Å²) in [7, 11) is 1.68. The molecule has 1 unspecified atom stereocenters. The van der Waals surface area contributed by atoms with Crippen LogP contribution in [0.4, 0.5) is 8.78 Å². The number of ether oxygens (including phenoxy) is 1. The molecule has 0 aliphatic heterocycles. The predicted molar refractivity (Wildman–Crippen MR) is 107 cm³/mol. The van der Waals surface area contributed by atoms with Crippen molar-refractivity contribution < 1.29 is 18.3 Å². The Morgan fingerprint density at radius 3 is 3.00 bits per heavy atom. The van der Waals surface area contributed by atoms with E-state index in [0.29, 0.717) is 22.1 Å². The molecular formula is C19H18BrF2N5O3. The normalized spacial score (nSPS) is 16.0. The zero-order valence-electron chi connectivity index (χ0n) is 15.9. The summed E-state index contributed by atoms with van der Waals surface area (Å²) in [4.78, 5) is 29.5. The number of hydrogen-bond donors (Lipinski definition) is 1. The van der Waals surface area contributed by atoms with E-state index in [1.54, 1.807) is 19.2 Å². The molecule has 1 amide bonds. The van der Waals surface area contributed by atoms with Crippen LogP contribution in [0, 0.1) is 0 Å². The van der Waals surface area contributed by atoms with E-state index in [-0.39, 0.29) is 29.8 Å². The van der Waals surface area contributed by atoms with Crippen molar-refractivity contribution in [2.24, 2.45) is 7.05 Å². The molecule has 0 radical (unpaired) electrons. The van der Waals surface area contributed by atoms with Crippen molar-refractivity contribution in [3.63, 3.8) is 0 Å². The Bertz CT molecular complexity index is 1180. The summed E-state index contributed by atoms with van der Waals surface area (Å²) in [6.45, 7) is -3.08. The minimum atomic E-state index is -2.88. The molecule has 158 valence electrons. The highest BCUT2D eigenvalue weighted by atomic mass is 79.9. The van der Waals surface area contributed by atoms with Crippen LogP contribution in [0.15, 0.2) is 33.9 Å². The zero-order valence-corrected chi connectivity index (χ0v) is 17.5. The third-order valence-corrected chi connectivity index (χ3v) is 5.63. The molecule has 1 aliphatic rings. The van der Waals surface area contributed by atoms with E-state index in [2.05, 4.69) is 36.1 Å². The van der Waals surface area contributed by atoms with Gasteiger partial charge >= 0.3 is 6.61 Å². The lowest BCUT2D eigenvalue weighted by molar-refractivity contribution is -0.122. The lowest BCUT2D eigenvalue weighted by atomic mass is 9.87. The second-order valence-corrected chi connectivity index (χ2v) is 7.79. The molecular weight excluding hydrogens is 464 g/mol. The predicted octanol–water partition coefficient (Wildman–Crippen LogP) is 2.69. The first-order valence-electron chi connectivity index (χ1n) is 9.28. The second kappa shape index (κ2) is 8.13. The maximum Gasteiger partial charge on any atom is 0.387 e. The monoisotopic (exact) mass is 481 g/mol. The summed E-state index contributed by atoms with van der Waals surface area (Å²) in [5.74, 6) is -0.243. The fraction of sp³-hybridized carbons (Fsp3) is 0.368. The number of aryl methyl sites for hydroxylation is 2. The number of aromatic nitrogens is 4. The third-order valence-electron chi connectivity index (χ3n) is 5.07. The Labute approximate surface area is 178 Å². The summed E-state index contributed by atoms with van der Waals surface area (Å²) < 4.78 is 32.4. The summed E-state index contributed by atoms with van der Waals surface area (Å²) in [5.41, 5.74) is 1.79. The van der Waals surface area contributed by atoms with Crippen LogP contribution in [0.2, 0.25) is 0 Å². The Balaban J connectivity index is 1.52. The number of carbonyl (C=O) groups excluding carboxylic acids is 1. The highest BCUT2D eigenvalue weighted by molar-refractivity contribution is 9.10. The number of nitrogens with zero attached hydrogens (tertiary/aromatic N) is 4. The Kier molecular flexibility index (Phi) is 5.54. The van der Waals surface area contributed by atoms with Gasteiger partial charge in [-0.25, -0.2) is 9.67 Å². The molecule has 0 saturated carbocycles. The highest BCUT2D eigenvalue weighted by Crippen LogP contribution is 2.32. The number of rotatable bonds is 5. The minimum absolute atomic E-state index is 0.101. The molecule has 3 aromatic rings. The van der Waals surface area contributed by atoms with E-state index in [1.165, 1.54) is 21.6 Å². The number of halogens is 3. The molecule has 0 fully saturated rings. The molecule has 8 nitrogen and oxygen atoms in total. The number of benzene rings is 1. The maximum atomic E-state index is 12.7. The molecule has 0 saturated heterocycles.